The average Bonchev–Trinajstić information content (AvgIpc) is 2.25. The number of ether oxygens (including phenoxy) is 1. The molecule has 0 aromatic heterocycles. The Hall–Kier alpha value is -2.12. The third-order valence-electron chi connectivity index (χ3n) is 2.20. The van der Waals surface area contributed by atoms with Crippen molar-refractivity contribution in [2.24, 2.45) is 0 Å². The maximum Gasteiger partial charge on any atom is 0.423 e. The maximum atomic E-state index is 12.6. The molecule has 18 heavy (non-hydrogen) atoms. The minimum atomic E-state index is -4.92. The Morgan fingerprint density at radius 2 is 1.94 bits per heavy atom. The minimum absolute atomic E-state index is 0.262. The van der Waals surface area contributed by atoms with Crippen LogP contribution in [-0.2, 0) is 6.18 Å². The first-order chi connectivity index (χ1) is 8.20. The van der Waals surface area contributed by atoms with Crippen LogP contribution < -0.4 is 4.74 Å². The fourth-order valence-electron chi connectivity index (χ4n) is 1.50. The number of rotatable bonds is 3. The standard InChI is InChI=1S/C10H8F3NO4/c1-5(15)8-7(18-2)4-3-6(10(11,12)13)9(8)14(16)17/h3-4H,1-2H3. The van der Waals surface area contributed by atoms with Crippen LogP contribution in [0.3, 0.4) is 0 Å². The zero-order valence-electron chi connectivity index (χ0n) is 9.37. The molecule has 0 aliphatic heterocycles. The van der Waals surface area contributed by atoms with Gasteiger partial charge in [0.05, 0.1) is 12.0 Å². The van der Waals surface area contributed by atoms with Crippen molar-refractivity contribution in [1.82, 2.24) is 0 Å². The summed E-state index contributed by atoms with van der Waals surface area (Å²) in [6.07, 6.45) is -4.92. The summed E-state index contributed by atoms with van der Waals surface area (Å²) in [5.74, 6) is -1.13. The first-order valence-corrected chi connectivity index (χ1v) is 4.63. The summed E-state index contributed by atoms with van der Waals surface area (Å²) in [4.78, 5) is 20.8. The van der Waals surface area contributed by atoms with E-state index in [1.807, 2.05) is 0 Å². The third kappa shape index (κ3) is 2.41. The van der Waals surface area contributed by atoms with E-state index in [-0.39, 0.29) is 5.75 Å². The summed E-state index contributed by atoms with van der Waals surface area (Å²) >= 11 is 0. The van der Waals surface area contributed by atoms with Gasteiger partial charge in [0.25, 0.3) is 5.69 Å². The molecule has 98 valence electrons. The summed E-state index contributed by atoms with van der Waals surface area (Å²) in [5.41, 5.74) is -3.44. The van der Waals surface area contributed by atoms with E-state index in [1.165, 1.54) is 0 Å². The number of ketones is 1. The van der Waals surface area contributed by atoms with Crippen molar-refractivity contribution in [2.45, 2.75) is 13.1 Å². The zero-order valence-corrected chi connectivity index (χ0v) is 9.37. The van der Waals surface area contributed by atoms with Gasteiger partial charge in [0.1, 0.15) is 16.9 Å². The lowest BCUT2D eigenvalue weighted by molar-refractivity contribution is -0.388. The number of nitrogens with zero attached hydrogens (tertiary/aromatic N) is 1. The van der Waals surface area contributed by atoms with Crippen LogP contribution in [0.4, 0.5) is 18.9 Å². The Kier molecular flexibility index (Phi) is 3.59. The third-order valence-corrected chi connectivity index (χ3v) is 2.20. The molecule has 0 aliphatic rings. The number of hydrogen-bond donors (Lipinski definition) is 0. The predicted octanol–water partition coefficient (Wildman–Crippen LogP) is 2.82. The number of hydrogen-bond acceptors (Lipinski definition) is 4. The highest BCUT2D eigenvalue weighted by Crippen LogP contribution is 2.41. The lowest BCUT2D eigenvalue weighted by Gasteiger charge is -2.12. The van der Waals surface area contributed by atoms with Crippen LogP contribution in [0.1, 0.15) is 22.8 Å². The van der Waals surface area contributed by atoms with E-state index < -0.39 is 33.7 Å². The highest BCUT2D eigenvalue weighted by molar-refractivity contribution is 6.01. The molecule has 0 atom stereocenters. The smallest absolute Gasteiger partial charge is 0.423 e. The van der Waals surface area contributed by atoms with Gasteiger partial charge in [-0.2, -0.15) is 13.2 Å². The Bertz CT molecular complexity index is 511. The van der Waals surface area contributed by atoms with Gasteiger partial charge in [0.15, 0.2) is 5.78 Å². The van der Waals surface area contributed by atoms with E-state index in [4.69, 9.17) is 0 Å². The number of methoxy groups -OCH3 is 1. The fourth-order valence-corrected chi connectivity index (χ4v) is 1.50. The van der Waals surface area contributed by atoms with Crippen LogP contribution >= 0.6 is 0 Å². The quantitative estimate of drug-likeness (QED) is 0.477. The minimum Gasteiger partial charge on any atom is -0.496 e. The van der Waals surface area contributed by atoms with Gasteiger partial charge in [-0.25, -0.2) is 0 Å². The molecular weight excluding hydrogens is 255 g/mol. The molecule has 0 heterocycles. The Balaban J connectivity index is 3.74. The maximum absolute atomic E-state index is 12.6. The second-order valence-corrected chi connectivity index (χ2v) is 3.35. The summed E-state index contributed by atoms with van der Waals surface area (Å²) in [7, 11) is 1.11. The molecule has 1 aromatic rings. The van der Waals surface area contributed by atoms with Gasteiger partial charge in [-0.05, 0) is 19.1 Å². The lowest BCUT2D eigenvalue weighted by atomic mass is 10.0. The van der Waals surface area contributed by atoms with Crippen LogP contribution in [0, 0.1) is 10.1 Å². The van der Waals surface area contributed by atoms with Crippen LogP contribution in [0.15, 0.2) is 12.1 Å². The summed E-state index contributed by atoms with van der Waals surface area (Å²) in [6, 6.07) is 1.40. The van der Waals surface area contributed by atoms with Crippen LogP contribution in [0.5, 0.6) is 5.75 Å². The molecule has 0 amide bonds. The van der Waals surface area contributed by atoms with Crippen LogP contribution in [-0.4, -0.2) is 17.8 Å². The van der Waals surface area contributed by atoms with Crippen molar-refractivity contribution in [2.75, 3.05) is 7.11 Å². The molecule has 0 fully saturated rings. The number of halogens is 3. The number of benzene rings is 1. The van der Waals surface area contributed by atoms with E-state index in [2.05, 4.69) is 4.74 Å². The topological polar surface area (TPSA) is 69.4 Å². The van der Waals surface area contributed by atoms with Gasteiger partial charge in [-0.15, -0.1) is 0 Å². The normalized spacial score (nSPS) is 11.2. The molecule has 0 unspecified atom stereocenters. The van der Waals surface area contributed by atoms with Gasteiger partial charge in [-0.3, -0.25) is 14.9 Å². The monoisotopic (exact) mass is 263 g/mol. The second-order valence-electron chi connectivity index (χ2n) is 3.35. The van der Waals surface area contributed by atoms with Gasteiger partial charge in [-0.1, -0.05) is 0 Å². The summed E-state index contributed by atoms with van der Waals surface area (Å²) < 4.78 is 42.6. The largest absolute Gasteiger partial charge is 0.496 e. The SMILES string of the molecule is COc1ccc(C(F)(F)F)c([N+](=O)[O-])c1C(C)=O. The number of nitro benzene ring substituents is 1. The molecule has 0 aliphatic carbocycles. The Morgan fingerprint density at radius 1 is 1.39 bits per heavy atom. The van der Waals surface area contributed by atoms with Gasteiger partial charge < -0.3 is 4.74 Å². The van der Waals surface area contributed by atoms with Crippen LogP contribution in [0.2, 0.25) is 0 Å². The van der Waals surface area contributed by atoms with E-state index in [9.17, 15) is 28.1 Å². The Morgan fingerprint density at radius 3 is 2.28 bits per heavy atom. The van der Waals surface area contributed by atoms with Gasteiger partial charge >= 0.3 is 6.18 Å². The molecule has 0 N–H and O–H groups in total. The van der Waals surface area contributed by atoms with Gasteiger partial charge in [0.2, 0.25) is 0 Å². The first kappa shape index (κ1) is 13.9. The molecule has 0 bridgehead atoms. The number of Topliss-reactive ketones (excluding diaryl/α,β-unsaturated/α-hetero) is 1. The first-order valence-electron chi connectivity index (χ1n) is 4.63. The van der Waals surface area contributed by atoms with Crippen molar-refractivity contribution in [3.63, 3.8) is 0 Å². The van der Waals surface area contributed by atoms with E-state index in [1.54, 1.807) is 0 Å². The molecule has 0 saturated heterocycles. The number of carbonyl (C=O) groups is 1. The molecule has 8 heteroatoms. The molecule has 0 saturated carbocycles. The number of alkyl halides is 3. The van der Waals surface area contributed by atoms with Crippen molar-refractivity contribution in [1.29, 1.82) is 0 Å². The zero-order chi connectivity index (χ0) is 14.1. The molecule has 0 radical (unpaired) electrons. The molecule has 0 spiro atoms. The average molecular weight is 263 g/mol. The number of carbonyl (C=O) groups excluding carboxylic acids is 1. The predicted molar refractivity (Wildman–Crippen MR) is 54.7 cm³/mol. The molecule has 1 aromatic carbocycles. The lowest BCUT2D eigenvalue weighted by Crippen LogP contribution is -2.13. The summed E-state index contributed by atoms with van der Waals surface area (Å²) in [6.45, 7) is 0.936. The van der Waals surface area contributed by atoms with E-state index in [0.29, 0.717) is 6.07 Å². The molecule has 1 rings (SSSR count). The van der Waals surface area contributed by atoms with Crippen molar-refractivity contribution in [3.8, 4) is 5.75 Å². The Labute approximate surface area is 99.3 Å². The van der Waals surface area contributed by atoms with Crippen LogP contribution in [0.25, 0.3) is 0 Å². The van der Waals surface area contributed by atoms with Crippen molar-refractivity contribution in [3.05, 3.63) is 33.4 Å². The van der Waals surface area contributed by atoms with Crippen molar-refractivity contribution >= 4 is 11.5 Å². The molecule has 5 nitrogen and oxygen atoms in total. The number of nitro groups is 1. The highest BCUT2D eigenvalue weighted by atomic mass is 19.4. The second kappa shape index (κ2) is 4.63. The highest BCUT2D eigenvalue weighted by Gasteiger charge is 2.41. The van der Waals surface area contributed by atoms with E-state index in [0.717, 1.165) is 20.1 Å². The van der Waals surface area contributed by atoms with Gasteiger partial charge in [0, 0.05) is 0 Å². The summed E-state index contributed by atoms with van der Waals surface area (Å²) in [5, 5.41) is 10.8. The molecular formula is C10H8F3NO4. The fraction of sp³-hybridized carbons (Fsp3) is 0.300. The van der Waals surface area contributed by atoms with Crippen molar-refractivity contribution < 1.29 is 27.6 Å². The van der Waals surface area contributed by atoms with E-state index >= 15 is 0 Å².